The van der Waals surface area contributed by atoms with Crippen molar-refractivity contribution in [2.45, 2.75) is 51.6 Å². The van der Waals surface area contributed by atoms with Crippen LogP contribution in [0.15, 0.2) is 69.9 Å². The number of hydrogen-bond acceptors (Lipinski definition) is 6. The second kappa shape index (κ2) is 7.75. The lowest BCUT2D eigenvalue weighted by atomic mass is 9.59. The van der Waals surface area contributed by atoms with Gasteiger partial charge >= 0.3 is 0 Å². The van der Waals surface area contributed by atoms with Gasteiger partial charge in [0, 0.05) is 49.2 Å². The van der Waals surface area contributed by atoms with Crippen molar-refractivity contribution < 1.29 is 9.59 Å². The van der Waals surface area contributed by atoms with Gasteiger partial charge in [-0.25, -0.2) is 0 Å². The molecule has 1 N–H and O–H groups in total. The van der Waals surface area contributed by atoms with Crippen molar-refractivity contribution in [3.8, 4) is 0 Å². The van der Waals surface area contributed by atoms with Gasteiger partial charge in [-0.15, -0.1) is 0 Å². The van der Waals surface area contributed by atoms with Crippen LogP contribution in [0.3, 0.4) is 0 Å². The molecule has 8 nitrogen and oxygen atoms in total. The highest BCUT2D eigenvalue weighted by molar-refractivity contribution is 6.05. The Labute approximate surface area is 199 Å². The van der Waals surface area contributed by atoms with E-state index in [1.165, 1.54) is 0 Å². The van der Waals surface area contributed by atoms with Crippen LogP contribution < -0.4 is 10.2 Å². The van der Waals surface area contributed by atoms with E-state index in [1.54, 1.807) is 42.3 Å². The molecule has 0 saturated carbocycles. The summed E-state index contributed by atoms with van der Waals surface area (Å²) in [7, 11) is 3.55. The number of nitrogens with zero attached hydrogens (tertiary/aromatic N) is 5. The molecule has 1 aromatic heterocycles. The van der Waals surface area contributed by atoms with Gasteiger partial charge in [0.25, 0.3) is 5.91 Å². The zero-order valence-corrected chi connectivity index (χ0v) is 20.3. The summed E-state index contributed by atoms with van der Waals surface area (Å²) in [6, 6.07) is 7.94. The van der Waals surface area contributed by atoms with Crippen molar-refractivity contribution in [3.05, 3.63) is 70.8 Å². The van der Waals surface area contributed by atoms with Crippen LogP contribution in [0.25, 0.3) is 0 Å². The average Bonchev–Trinajstić information content (AvgIpc) is 3.45. The van der Waals surface area contributed by atoms with Crippen LogP contribution in [-0.2, 0) is 17.3 Å². The predicted octanol–water partition coefficient (Wildman–Crippen LogP) is 4.27. The third-order valence-electron chi connectivity index (χ3n) is 7.29. The standard InChI is InChI=1S/C26H30N6O2/c1-6-26(17-8-7-9-18(10-17)32(5)24(34)16-13-28-31(4)15-16)19-14-27-30-23(19)29-20-11-25(2,3)12-21(33)22(20)26/h7-10,13-15,23,29H,6,11-12H2,1-5H3. The van der Waals surface area contributed by atoms with Crippen molar-refractivity contribution in [2.24, 2.45) is 22.7 Å². The first-order valence-electron chi connectivity index (χ1n) is 11.7. The largest absolute Gasteiger partial charge is 0.362 e. The van der Waals surface area contributed by atoms with Gasteiger partial charge in [0.2, 0.25) is 0 Å². The third kappa shape index (κ3) is 3.31. The lowest BCUT2D eigenvalue weighted by Crippen LogP contribution is -2.51. The first-order chi connectivity index (χ1) is 16.2. The highest BCUT2D eigenvalue weighted by Gasteiger charge is 2.53. The molecule has 0 bridgehead atoms. The molecule has 2 aromatic rings. The lowest BCUT2D eigenvalue weighted by Gasteiger charge is -2.48. The quantitative estimate of drug-likeness (QED) is 0.741. The number of carbonyl (C=O) groups excluding carboxylic acids is 2. The van der Waals surface area contributed by atoms with Gasteiger partial charge in [0.1, 0.15) is 0 Å². The minimum Gasteiger partial charge on any atom is -0.362 e. The number of nitrogens with one attached hydrogen (secondary N) is 1. The molecular formula is C26H30N6O2. The molecule has 3 aliphatic rings. The Hall–Kier alpha value is -3.55. The molecular weight excluding hydrogens is 428 g/mol. The summed E-state index contributed by atoms with van der Waals surface area (Å²) in [5, 5.41) is 16.3. The number of azo groups is 1. The van der Waals surface area contributed by atoms with Crippen molar-refractivity contribution in [3.63, 3.8) is 0 Å². The lowest BCUT2D eigenvalue weighted by molar-refractivity contribution is -0.119. The normalized spacial score (nSPS) is 24.9. The van der Waals surface area contributed by atoms with Gasteiger partial charge in [-0.3, -0.25) is 14.3 Å². The Morgan fingerprint density at radius 1 is 1.29 bits per heavy atom. The summed E-state index contributed by atoms with van der Waals surface area (Å²) in [6.07, 6.45) is 6.78. The third-order valence-corrected chi connectivity index (χ3v) is 7.29. The van der Waals surface area contributed by atoms with Crippen molar-refractivity contribution in [1.82, 2.24) is 15.1 Å². The number of aromatic nitrogens is 2. The zero-order chi connectivity index (χ0) is 24.3. The molecule has 3 heterocycles. The van der Waals surface area contributed by atoms with E-state index >= 15 is 0 Å². The van der Waals surface area contributed by atoms with E-state index in [1.807, 2.05) is 18.2 Å². The van der Waals surface area contributed by atoms with Gasteiger partial charge < -0.3 is 10.2 Å². The molecule has 2 unspecified atom stereocenters. The average molecular weight is 459 g/mol. The number of carbonyl (C=O) groups is 2. The van der Waals surface area contributed by atoms with Crippen molar-refractivity contribution in [1.29, 1.82) is 0 Å². The zero-order valence-electron chi connectivity index (χ0n) is 20.3. The van der Waals surface area contributed by atoms with E-state index in [9.17, 15) is 9.59 Å². The second-order valence-electron chi connectivity index (χ2n) is 10.2. The van der Waals surface area contributed by atoms with E-state index in [0.29, 0.717) is 18.4 Å². The summed E-state index contributed by atoms with van der Waals surface area (Å²) in [4.78, 5) is 28.3. The second-order valence-corrected chi connectivity index (χ2v) is 10.2. The van der Waals surface area contributed by atoms with Gasteiger partial charge in [-0.1, -0.05) is 32.9 Å². The van der Waals surface area contributed by atoms with Crippen LogP contribution in [0.2, 0.25) is 0 Å². The van der Waals surface area contributed by atoms with Crippen molar-refractivity contribution in [2.75, 3.05) is 11.9 Å². The molecule has 1 aliphatic carbocycles. The summed E-state index contributed by atoms with van der Waals surface area (Å²) in [5.74, 6) is 0.0245. The van der Waals surface area contributed by atoms with E-state index < -0.39 is 5.41 Å². The van der Waals surface area contributed by atoms with Gasteiger partial charge in [-0.2, -0.15) is 15.3 Å². The number of ketones is 1. The number of hydrogen-bond donors (Lipinski definition) is 1. The maximum atomic E-state index is 13.6. The Bertz CT molecular complexity index is 1280. The van der Waals surface area contributed by atoms with Crippen LogP contribution in [0.4, 0.5) is 5.69 Å². The number of anilines is 1. The topological polar surface area (TPSA) is 91.9 Å². The molecule has 0 spiro atoms. The first-order valence-corrected chi connectivity index (χ1v) is 11.7. The number of allylic oxidation sites excluding steroid dienone is 2. The number of amides is 1. The minimum absolute atomic E-state index is 0.114. The Morgan fingerprint density at radius 3 is 2.79 bits per heavy atom. The molecule has 5 rings (SSSR count). The Morgan fingerprint density at radius 2 is 2.09 bits per heavy atom. The smallest absolute Gasteiger partial charge is 0.261 e. The molecule has 8 heteroatoms. The van der Waals surface area contributed by atoms with E-state index in [0.717, 1.165) is 34.5 Å². The first kappa shape index (κ1) is 22.3. The molecule has 1 aromatic carbocycles. The van der Waals surface area contributed by atoms with Crippen LogP contribution in [0.5, 0.6) is 0 Å². The van der Waals surface area contributed by atoms with Crippen LogP contribution in [-0.4, -0.2) is 34.7 Å². The van der Waals surface area contributed by atoms with Crippen LogP contribution in [0, 0.1) is 5.41 Å². The number of benzene rings is 1. The monoisotopic (exact) mass is 458 g/mol. The van der Waals surface area contributed by atoms with Crippen LogP contribution in [0.1, 0.15) is 56.0 Å². The minimum atomic E-state index is -0.642. The maximum Gasteiger partial charge on any atom is 0.261 e. The fourth-order valence-corrected chi connectivity index (χ4v) is 5.71. The van der Waals surface area contributed by atoms with E-state index in [4.69, 9.17) is 0 Å². The van der Waals surface area contributed by atoms with E-state index in [2.05, 4.69) is 47.5 Å². The molecule has 34 heavy (non-hydrogen) atoms. The predicted molar refractivity (Wildman–Crippen MR) is 129 cm³/mol. The maximum absolute atomic E-state index is 13.6. The Kier molecular flexibility index (Phi) is 5.07. The molecule has 0 fully saturated rings. The highest BCUT2D eigenvalue weighted by atomic mass is 16.2. The van der Waals surface area contributed by atoms with Crippen LogP contribution >= 0.6 is 0 Å². The number of fused-ring (bicyclic) bond motifs is 1. The van der Waals surface area contributed by atoms with Gasteiger partial charge in [0.15, 0.2) is 11.9 Å². The molecule has 0 saturated heterocycles. The summed E-state index contributed by atoms with van der Waals surface area (Å²) in [6.45, 7) is 6.37. The summed E-state index contributed by atoms with van der Waals surface area (Å²) in [5.41, 5.74) is 4.28. The fraction of sp³-hybridized carbons (Fsp3) is 0.423. The molecule has 1 amide bonds. The summed E-state index contributed by atoms with van der Waals surface area (Å²) >= 11 is 0. The molecule has 176 valence electrons. The SMILES string of the molecule is CCC1(c2cccc(N(C)C(=O)c3cnn(C)c3)c2)C2=CN=NC2NC2=C1C(=O)CC(C)(C)C2. The van der Waals surface area contributed by atoms with E-state index in [-0.39, 0.29) is 23.3 Å². The molecule has 0 radical (unpaired) electrons. The van der Waals surface area contributed by atoms with Gasteiger partial charge in [-0.05, 0) is 36.0 Å². The summed E-state index contributed by atoms with van der Waals surface area (Å²) < 4.78 is 1.61. The van der Waals surface area contributed by atoms with Crippen molar-refractivity contribution >= 4 is 17.4 Å². The number of Topliss-reactive ketones (excluding diaryl/α,β-unsaturated/α-hetero) is 1. The molecule has 2 atom stereocenters. The number of rotatable bonds is 4. The Balaban J connectivity index is 1.64. The molecule has 2 aliphatic heterocycles. The number of aryl methyl sites for hydroxylation is 1. The van der Waals surface area contributed by atoms with Gasteiger partial charge in [0.05, 0.1) is 23.4 Å². The highest BCUT2D eigenvalue weighted by Crippen LogP contribution is 2.54. The fourth-order valence-electron chi connectivity index (χ4n) is 5.71.